The molecule has 5 rings (SSSR count). The maximum atomic E-state index is 13.1. The minimum atomic E-state index is -0.217. The number of likely N-dealkylation sites (tertiary alicyclic amines) is 1. The van der Waals surface area contributed by atoms with Gasteiger partial charge in [-0.1, -0.05) is 31.9 Å². The first kappa shape index (κ1) is 18.8. The summed E-state index contributed by atoms with van der Waals surface area (Å²) in [5, 5.41) is 0. The van der Waals surface area contributed by atoms with Crippen molar-refractivity contribution in [1.82, 2.24) is 4.90 Å². The number of benzene rings is 1. The van der Waals surface area contributed by atoms with E-state index in [1.165, 1.54) is 11.3 Å². The molecular weight excluding hydrogens is 488 g/mol. The number of anilines is 1. The van der Waals surface area contributed by atoms with E-state index in [0.717, 1.165) is 32.4 Å². The van der Waals surface area contributed by atoms with Crippen LogP contribution in [0.4, 0.5) is 5.69 Å². The zero-order chi connectivity index (χ0) is 19.6. The average molecular weight is 510 g/mol. The first-order chi connectivity index (χ1) is 13.5. The minimum absolute atomic E-state index is 0.0319. The second-order valence-electron chi connectivity index (χ2n) is 8.42. The highest BCUT2D eigenvalue weighted by molar-refractivity contribution is 9.12. The Morgan fingerprint density at radius 2 is 1.39 bits per heavy atom. The third-order valence-corrected chi connectivity index (χ3v) is 10.2. The standard InChI is InChI=1S/C21H22Br2N2O3/c22-17-13-10-14(18(17)23)16-15(13)20(27)25(21(16)28)12-6-4-11(5-7-12)19(26)24-8-2-1-3-9-24/h4-7,13-18H,1-3,8-10H2/t13-,14-,15-,16+,17-,18+/m0/s1. The van der Waals surface area contributed by atoms with E-state index in [0.29, 0.717) is 11.3 Å². The summed E-state index contributed by atoms with van der Waals surface area (Å²) < 4.78 is 0. The van der Waals surface area contributed by atoms with Gasteiger partial charge in [-0.2, -0.15) is 0 Å². The normalized spacial score (nSPS) is 36.9. The molecule has 2 saturated heterocycles. The molecule has 0 unspecified atom stereocenters. The second kappa shape index (κ2) is 6.94. The summed E-state index contributed by atoms with van der Waals surface area (Å²) in [7, 11) is 0. The van der Waals surface area contributed by atoms with Crippen molar-refractivity contribution < 1.29 is 14.4 Å². The fourth-order valence-electron chi connectivity index (χ4n) is 5.64. The van der Waals surface area contributed by atoms with Crippen molar-refractivity contribution in [3.05, 3.63) is 29.8 Å². The van der Waals surface area contributed by atoms with Gasteiger partial charge in [0, 0.05) is 28.3 Å². The molecule has 3 amide bonds. The third-order valence-electron chi connectivity index (χ3n) is 7.00. The summed E-state index contributed by atoms with van der Waals surface area (Å²) in [6.07, 6.45) is 4.20. The van der Waals surface area contributed by atoms with Crippen LogP contribution in [0.1, 0.15) is 36.0 Å². The summed E-state index contributed by atoms with van der Waals surface area (Å²) >= 11 is 7.43. The van der Waals surface area contributed by atoms with E-state index >= 15 is 0 Å². The lowest BCUT2D eigenvalue weighted by atomic mass is 9.81. The fraction of sp³-hybridized carbons (Fsp3) is 0.571. The van der Waals surface area contributed by atoms with Crippen LogP contribution in [0.3, 0.4) is 0 Å². The molecule has 28 heavy (non-hydrogen) atoms. The number of hydrogen-bond acceptors (Lipinski definition) is 3. The van der Waals surface area contributed by atoms with Gasteiger partial charge in [0.1, 0.15) is 0 Å². The molecule has 148 valence electrons. The van der Waals surface area contributed by atoms with Gasteiger partial charge in [0.15, 0.2) is 0 Å². The molecule has 0 N–H and O–H groups in total. The van der Waals surface area contributed by atoms with Crippen LogP contribution in [0.5, 0.6) is 0 Å². The zero-order valence-electron chi connectivity index (χ0n) is 15.4. The van der Waals surface area contributed by atoms with Crippen LogP contribution in [0.2, 0.25) is 0 Å². The molecule has 2 aliphatic carbocycles. The van der Waals surface area contributed by atoms with E-state index in [1.54, 1.807) is 24.3 Å². The molecule has 2 saturated carbocycles. The highest BCUT2D eigenvalue weighted by atomic mass is 79.9. The van der Waals surface area contributed by atoms with E-state index in [4.69, 9.17) is 0 Å². The fourth-order valence-corrected chi connectivity index (χ4v) is 7.51. The molecule has 0 radical (unpaired) electrons. The van der Waals surface area contributed by atoms with Gasteiger partial charge in [-0.3, -0.25) is 19.3 Å². The van der Waals surface area contributed by atoms with Crippen molar-refractivity contribution in [2.75, 3.05) is 18.0 Å². The molecule has 6 atom stereocenters. The number of fused-ring (bicyclic) bond motifs is 5. The molecule has 2 heterocycles. The molecule has 2 aliphatic heterocycles. The van der Waals surface area contributed by atoms with Crippen molar-refractivity contribution in [3.63, 3.8) is 0 Å². The van der Waals surface area contributed by atoms with Gasteiger partial charge in [-0.05, 0) is 61.8 Å². The Hall–Kier alpha value is -1.21. The maximum absolute atomic E-state index is 13.1. The summed E-state index contributed by atoms with van der Waals surface area (Å²) in [5.74, 6) is -0.148. The van der Waals surface area contributed by atoms with Gasteiger partial charge in [0.2, 0.25) is 11.8 Å². The van der Waals surface area contributed by atoms with E-state index < -0.39 is 0 Å². The number of nitrogens with zero attached hydrogens (tertiary/aromatic N) is 2. The highest BCUT2D eigenvalue weighted by Crippen LogP contribution is 2.60. The van der Waals surface area contributed by atoms with Gasteiger partial charge >= 0.3 is 0 Å². The first-order valence-electron chi connectivity index (χ1n) is 10.0. The van der Waals surface area contributed by atoms with Crippen LogP contribution in [-0.2, 0) is 9.59 Å². The largest absolute Gasteiger partial charge is 0.339 e. The molecule has 2 bridgehead atoms. The van der Waals surface area contributed by atoms with E-state index in [1.807, 2.05) is 4.90 Å². The van der Waals surface area contributed by atoms with Gasteiger partial charge in [-0.15, -0.1) is 0 Å². The smallest absolute Gasteiger partial charge is 0.253 e. The molecule has 0 aromatic heterocycles. The van der Waals surface area contributed by atoms with E-state index in [-0.39, 0.29) is 51.0 Å². The van der Waals surface area contributed by atoms with Gasteiger partial charge in [0.25, 0.3) is 5.91 Å². The van der Waals surface area contributed by atoms with Gasteiger partial charge < -0.3 is 4.90 Å². The Kier molecular flexibility index (Phi) is 4.66. The second-order valence-corrected chi connectivity index (χ2v) is 10.5. The predicted molar refractivity (Wildman–Crippen MR) is 113 cm³/mol. The Labute approximate surface area is 181 Å². The zero-order valence-corrected chi connectivity index (χ0v) is 18.6. The number of imide groups is 1. The number of alkyl halides is 2. The average Bonchev–Trinajstić information content (AvgIpc) is 3.33. The van der Waals surface area contributed by atoms with Gasteiger partial charge in [-0.25, -0.2) is 0 Å². The number of amides is 3. The number of halogens is 2. The Morgan fingerprint density at radius 1 is 0.857 bits per heavy atom. The molecule has 5 nitrogen and oxygen atoms in total. The lowest BCUT2D eigenvalue weighted by Gasteiger charge is -2.28. The molecule has 1 aromatic rings. The first-order valence-corrected chi connectivity index (χ1v) is 11.9. The number of rotatable bonds is 2. The van der Waals surface area contributed by atoms with Crippen LogP contribution < -0.4 is 4.90 Å². The van der Waals surface area contributed by atoms with Crippen LogP contribution >= 0.6 is 31.9 Å². The number of carbonyl (C=O) groups excluding carboxylic acids is 3. The van der Waals surface area contributed by atoms with Crippen molar-refractivity contribution in [2.24, 2.45) is 23.7 Å². The molecule has 0 spiro atoms. The Morgan fingerprint density at radius 3 is 1.93 bits per heavy atom. The van der Waals surface area contributed by atoms with Crippen molar-refractivity contribution in [2.45, 2.75) is 35.3 Å². The lowest BCUT2D eigenvalue weighted by molar-refractivity contribution is -0.123. The number of piperidine rings is 1. The minimum Gasteiger partial charge on any atom is -0.339 e. The summed E-state index contributed by atoms with van der Waals surface area (Å²) in [6, 6.07) is 6.98. The van der Waals surface area contributed by atoms with E-state index in [9.17, 15) is 14.4 Å². The maximum Gasteiger partial charge on any atom is 0.253 e. The monoisotopic (exact) mass is 508 g/mol. The van der Waals surface area contributed by atoms with E-state index in [2.05, 4.69) is 31.9 Å². The molecular formula is C21H22Br2N2O3. The third kappa shape index (κ3) is 2.65. The topological polar surface area (TPSA) is 57.7 Å². The SMILES string of the molecule is O=C(c1ccc(N2C(=O)[C@@H]3[C@@H]4C[C@H]([C@H](Br)[C@@H]4Br)[C@@H]3C2=O)cc1)N1CCCCC1. The van der Waals surface area contributed by atoms with Crippen molar-refractivity contribution in [3.8, 4) is 0 Å². The van der Waals surface area contributed by atoms with Crippen LogP contribution in [-0.4, -0.2) is 45.4 Å². The van der Waals surface area contributed by atoms with Gasteiger partial charge in [0.05, 0.1) is 17.5 Å². The number of hydrogen-bond donors (Lipinski definition) is 0. The van der Waals surface area contributed by atoms with Crippen LogP contribution in [0, 0.1) is 23.7 Å². The molecule has 4 aliphatic rings. The summed E-state index contributed by atoms with van der Waals surface area (Å²) in [5.41, 5.74) is 1.20. The summed E-state index contributed by atoms with van der Waals surface area (Å²) in [6.45, 7) is 1.61. The summed E-state index contributed by atoms with van der Waals surface area (Å²) in [4.78, 5) is 42.6. The van der Waals surface area contributed by atoms with Crippen LogP contribution in [0.15, 0.2) is 24.3 Å². The van der Waals surface area contributed by atoms with Crippen LogP contribution in [0.25, 0.3) is 0 Å². The predicted octanol–water partition coefficient (Wildman–Crippen LogP) is 3.60. The molecule has 7 heteroatoms. The van der Waals surface area contributed by atoms with Crippen molar-refractivity contribution in [1.29, 1.82) is 0 Å². The molecule has 4 fully saturated rings. The Balaban J connectivity index is 1.38. The lowest BCUT2D eigenvalue weighted by Crippen LogP contribution is -2.37. The van der Waals surface area contributed by atoms with Crippen molar-refractivity contribution >= 4 is 55.3 Å². The number of carbonyl (C=O) groups is 3. The molecule has 1 aromatic carbocycles. The highest BCUT2D eigenvalue weighted by Gasteiger charge is 2.66. The Bertz CT molecular complexity index is 805. The quantitative estimate of drug-likeness (QED) is 0.452.